The Morgan fingerprint density at radius 1 is 0.857 bits per heavy atom. The van der Waals surface area contributed by atoms with Crippen molar-refractivity contribution in [3.63, 3.8) is 0 Å². The second kappa shape index (κ2) is 9.72. The van der Waals surface area contributed by atoms with Crippen molar-refractivity contribution in [2.24, 2.45) is 0 Å². The zero-order chi connectivity index (χ0) is 25.3. The molecule has 0 unspecified atom stereocenters. The largest absolute Gasteiger partial charge is 0.403 e. The van der Waals surface area contributed by atoms with Crippen molar-refractivity contribution in [1.82, 2.24) is 4.31 Å². The number of carbonyl (C=O) groups excluding carboxylic acids is 1. The van der Waals surface area contributed by atoms with Gasteiger partial charge in [-0.3, -0.25) is 4.79 Å². The van der Waals surface area contributed by atoms with Gasteiger partial charge in [-0.2, -0.15) is 0 Å². The fourth-order valence-electron chi connectivity index (χ4n) is 4.89. The van der Waals surface area contributed by atoms with E-state index < -0.39 is 24.4 Å². The first-order chi connectivity index (χ1) is 16.6. The number of piperidine rings is 1. The molecule has 1 atom stereocenters. The molecular weight excluding hydrogens is 474 g/mol. The molecule has 1 amide bonds. The predicted octanol–water partition coefficient (Wildman–Crippen LogP) is 4.25. The third kappa shape index (κ3) is 4.85. The maximum absolute atomic E-state index is 13.4. The summed E-state index contributed by atoms with van der Waals surface area (Å²) in [4.78, 5) is 13.0. The van der Waals surface area contributed by atoms with Gasteiger partial charge < -0.3 is 4.43 Å². The molecule has 0 spiro atoms. The van der Waals surface area contributed by atoms with Crippen LogP contribution in [0.4, 0.5) is 0 Å². The van der Waals surface area contributed by atoms with E-state index in [1.807, 2.05) is 43.3 Å². The second-order valence-corrected chi connectivity index (χ2v) is 16.3. The van der Waals surface area contributed by atoms with Gasteiger partial charge in [-0.15, -0.1) is 0 Å². The molecule has 1 aliphatic rings. The molecule has 1 fully saturated rings. The van der Waals surface area contributed by atoms with Gasteiger partial charge in [0.05, 0.1) is 17.5 Å². The number of carbonyl (C=O) groups is 1. The zero-order valence-electron chi connectivity index (χ0n) is 20.8. The summed E-state index contributed by atoms with van der Waals surface area (Å²) in [6.07, 6.45) is 0.219. The summed E-state index contributed by atoms with van der Waals surface area (Å²) in [7, 11) is -6.83. The maximum Gasteiger partial charge on any atom is 0.266 e. The lowest BCUT2D eigenvalue weighted by Gasteiger charge is -2.46. The molecule has 0 radical (unpaired) electrons. The Kier molecular flexibility index (Phi) is 7.04. The van der Waals surface area contributed by atoms with Crippen LogP contribution in [-0.4, -0.2) is 39.6 Å². The normalized spacial score (nSPS) is 17.4. The average Bonchev–Trinajstić information content (AvgIpc) is 2.84. The number of amides is 1. The number of rotatable bonds is 6. The molecular formula is C28H33NO4SSi. The predicted molar refractivity (Wildman–Crippen MR) is 142 cm³/mol. The molecule has 5 nitrogen and oxygen atoms in total. The van der Waals surface area contributed by atoms with Crippen molar-refractivity contribution in [1.29, 1.82) is 0 Å². The summed E-state index contributed by atoms with van der Waals surface area (Å²) < 4.78 is 35.0. The number of sulfonamides is 1. The molecule has 3 aromatic rings. The third-order valence-corrected chi connectivity index (χ3v) is 13.6. The molecule has 0 aromatic heterocycles. The average molecular weight is 508 g/mol. The summed E-state index contributed by atoms with van der Waals surface area (Å²) >= 11 is 0. The molecule has 1 saturated heterocycles. The van der Waals surface area contributed by atoms with Gasteiger partial charge in [0.15, 0.2) is 0 Å². The molecule has 7 heteroatoms. The van der Waals surface area contributed by atoms with E-state index in [0.717, 1.165) is 20.2 Å². The Morgan fingerprint density at radius 3 is 1.86 bits per heavy atom. The van der Waals surface area contributed by atoms with Gasteiger partial charge in [0.2, 0.25) is 5.91 Å². The Hall–Kier alpha value is -2.74. The highest BCUT2D eigenvalue weighted by Gasteiger charge is 2.52. The number of hydrogen-bond acceptors (Lipinski definition) is 4. The quantitative estimate of drug-likeness (QED) is 0.468. The number of benzene rings is 3. The number of nitrogens with zero attached hydrogens (tertiary/aromatic N) is 1. The molecule has 1 aliphatic heterocycles. The third-order valence-electron chi connectivity index (χ3n) is 6.70. The first kappa shape index (κ1) is 25.4. The van der Waals surface area contributed by atoms with Crippen LogP contribution in [0.15, 0.2) is 89.8 Å². The molecule has 4 rings (SSSR count). The van der Waals surface area contributed by atoms with E-state index in [4.69, 9.17) is 4.43 Å². The fourth-order valence-corrected chi connectivity index (χ4v) is 11.1. The van der Waals surface area contributed by atoms with Gasteiger partial charge >= 0.3 is 0 Å². The van der Waals surface area contributed by atoms with Crippen LogP contribution >= 0.6 is 0 Å². The van der Waals surface area contributed by atoms with E-state index >= 15 is 0 Å². The lowest BCUT2D eigenvalue weighted by Crippen LogP contribution is -2.68. The molecule has 3 aromatic carbocycles. The summed E-state index contributed by atoms with van der Waals surface area (Å²) in [6.45, 7) is 8.48. The molecule has 0 aliphatic carbocycles. The van der Waals surface area contributed by atoms with Crippen LogP contribution in [0.25, 0.3) is 0 Å². The molecule has 0 N–H and O–H groups in total. The van der Waals surface area contributed by atoms with E-state index in [0.29, 0.717) is 6.42 Å². The van der Waals surface area contributed by atoms with E-state index in [1.165, 1.54) is 0 Å². The lowest BCUT2D eigenvalue weighted by molar-refractivity contribution is -0.130. The Bertz CT molecular complexity index is 1230. The van der Waals surface area contributed by atoms with Gasteiger partial charge in [0.25, 0.3) is 18.3 Å². The first-order valence-corrected chi connectivity index (χ1v) is 15.3. The van der Waals surface area contributed by atoms with Gasteiger partial charge in [0.1, 0.15) is 0 Å². The zero-order valence-corrected chi connectivity index (χ0v) is 22.6. The van der Waals surface area contributed by atoms with Gasteiger partial charge in [-0.05, 0) is 40.9 Å². The SMILES string of the molecule is Cc1ccc(S(=O)(=O)N2C[C@H](O[Si](c3ccccc3)(c3ccccc3)C(C)(C)C)CCC2=O)cc1. The maximum atomic E-state index is 13.4. The Labute approximate surface area is 209 Å². The molecule has 0 bridgehead atoms. The van der Waals surface area contributed by atoms with Crippen molar-refractivity contribution >= 4 is 34.6 Å². The molecule has 184 valence electrons. The van der Waals surface area contributed by atoms with E-state index in [2.05, 4.69) is 45.0 Å². The van der Waals surface area contributed by atoms with Crippen molar-refractivity contribution in [2.45, 2.75) is 56.6 Å². The standard InChI is InChI=1S/C28H33NO4SSi/c1-22-15-18-24(19-16-22)34(31,32)29-21-23(17-20-27(29)30)33-35(28(2,3)4,25-11-7-5-8-12-25)26-13-9-6-10-14-26/h5-16,18-19,23H,17,20-21H2,1-4H3/t23-/m1/s1. The summed E-state index contributed by atoms with van der Waals surface area (Å²) in [5.74, 6) is -0.382. The fraction of sp³-hybridized carbons (Fsp3) is 0.321. The highest BCUT2D eigenvalue weighted by molar-refractivity contribution is 7.89. The van der Waals surface area contributed by atoms with E-state index in [9.17, 15) is 13.2 Å². The Balaban J connectivity index is 1.75. The second-order valence-electron chi connectivity index (χ2n) is 10.2. The van der Waals surface area contributed by atoms with Crippen LogP contribution in [0, 0.1) is 6.92 Å². The van der Waals surface area contributed by atoms with Crippen LogP contribution < -0.4 is 10.4 Å². The van der Waals surface area contributed by atoms with Crippen LogP contribution in [0.2, 0.25) is 5.04 Å². The minimum atomic E-state index is -3.96. The highest BCUT2D eigenvalue weighted by atomic mass is 32.2. The summed E-state index contributed by atoms with van der Waals surface area (Å²) in [5.41, 5.74) is 0.960. The van der Waals surface area contributed by atoms with E-state index in [1.54, 1.807) is 24.3 Å². The minimum absolute atomic E-state index is 0.0134. The van der Waals surface area contributed by atoms with Gasteiger partial charge in [0, 0.05) is 6.42 Å². The lowest BCUT2D eigenvalue weighted by atomic mass is 10.1. The Morgan fingerprint density at radius 2 is 1.37 bits per heavy atom. The van der Waals surface area contributed by atoms with Crippen LogP contribution in [0.5, 0.6) is 0 Å². The number of aryl methyl sites for hydroxylation is 1. The molecule has 0 saturated carbocycles. The number of hydrogen-bond donors (Lipinski definition) is 0. The van der Waals surface area contributed by atoms with Crippen molar-refractivity contribution in [3.8, 4) is 0 Å². The van der Waals surface area contributed by atoms with Gasteiger partial charge in [-0.1, -0.05) is 99.1 Å². The van der Waals surface area contributed by atoms with Crippen LogP contribution in [0.1, 0.15) is 39.2 Å². The molecule has 35 heavy (non-hydrogen) atoms. The topological polar surface area (TPSA) is 63.7 Å². The minimum Gasteiger partial charge on any atom is -0.403 e. The van der Waals surface area contributed by atoms with Crippen molar-refractivity contribution < 1.29 is 17.6 Å². The van der Waals surface area contributed by atoms with E-state index in [-0.39, 0.29) is 28.8 Å². The molecule has 1 heterocycles. The van der Waals surface area contributed by atoms with Gasteiger partial charge in [-0.25, -0.2) is 12.7 Å². The van der Waals surface area contributed by atoms with Crippen molar-refractivity contribution in [2.75, 3.05) is 6.54 Å². The highest BCUT2D eigenvalue weighted by Crippen LogP contribution is 2.38. The summed E-state index contributed by atoms with van der Waals surface area (Å²) in [5, 5.41) is 2.02. The monoisotopic (exact) mass is 507 g/mol. The summed E-state index contributed by atoms with van der Waals surface area (Å²) in [6, 6.07) is 27.1. The van der Waals surface area contributed by atoms with Crippen LogP contribution in [-0.2, 0) is 19.2 Å². The smallest absolute Gasteiger partial charge is 0.266 e. The van der Waals surface area contributed by atoms with Crippen LogP contribution in [0.3, 0.4) is 0 Å². The van der Waals surface area contributed by atoms with Crippen molar-refractivity contribution in [3.05, 3.63) is 90.5 Å². The first-order valence-electron chi connectivity index (χ1n) is 12.0.